The highest BCUT2D eigenvalue weighted by Gasteiger charge is 2.27. The van der Waals surface area contributed by atoms with Crippen LogP contribution in [0.1, 0.15) is 35.9 Å². The molecule has 4 heterocycles. The standard InChI is InChI=1S/C21H24N6O4S/c1-14(2)26-20(22-13-23-26)17-12-16-5-8-31-19-4-3-15(11-18(19)27(16)24-17)21(28)25-6-9-32(29,30)10-7-25/h3-4,11-14H,5-10H2,1-2H3. The normalized spacial score (nSPS) is 17.4. The van der Waals surface area contributed by atoms with Gasteiger partial charge in [0.2, 0.25) is 0 Å². The molecular formula is C21H24N6O4S. The molecule has 0 saturated carbocycles. The third-order valence-electron chi connectivity index (χ3n) is 5.76. The van der Waals surface area contributed by atoms with Gasteiger partial charge in [-0.05, 0) is 38.1 Å². The minimum Gasteiger partial charge on any atom is -0.491 e. The van der Waals surface area contributed by atoms with E-state index in [4.69, 9.17) is 9.84 Å². The second kappa shape index (κ2) is 7.73. The molecule has 0 atom stereocenters. The Balaban J connectivity index is 1.51. The zero-order chi connectivity index (χ0) is 22.5. The lowest BCUT2D eigenvalue weighted by Gasteiger charge is -2.27. The van der Waals surface area contributed by atoms with Crippen LogP contribution in [0.4, 0.5) is 0 Å². The maximum Gasteiger partial charge on any atom is 0.253 e. The number of benzene rings is 1. The fourth-order valence-electron chi connectivity index (χ4n) is 4.03. The second-order valence-electron chi connectivity index (χ2n) is 8.28. The van der Waals surface area contributed by atoms with Gasteiger partial charge >= 0.3 is 0 Å². The van der Waals surface area contributed by atoms with E-state index < -0.39 is 9.84 Å². The third-order valence-corrected chi connectivity index (χ3v) is 7.37. The summed E-state index contributed by atoms with van der Waals surface area (Å²) in [4.78, 5) is 19.0. The molecule has 5 rings (SSSR count). The topological polar surface area (TPSA) is 112 Å². The SMILES string of the molecule is CC(C)n1ncnc1-c1cc2n(n1)-c1cc(C(=O)N3CCS(=O)(=O)CC3)ccc1OCC2. The fourth-order valence-corrected chi connectivity index (χ4v) is 5.23. The number of rotatable bonds is 3. The maximum atomic E-state index is 13.0. The lowest BCUT2D eigenvalue weighted by molar-refractivity contribution is 0.0770. The van der Waals surface area contributed by atoms with Gasteiger partial charge in [-0.3, -0.25) is 4.79 Å². The Morgan fingerprint density at radius 2 is 1.94 bits per heavy atom. The largest absolute Gasteiger partial charge is 0.491 e. The summed E-state index contributed by atoms with van der Waals surface area (Å²) in [6.07, 6.45) is 2.18. The summed E-state index contributed by atoms with van der Waals surface area (Å²) in [5.41, 5.74) is 2.81. The Labute approximate surface area is 185 Å². The van der Waals surface area contributed by atoms with E-state index in [0.29, 0.717) is 41.5 Å². The van der Waals surface area contributed by atoms with E-state index in [1.807, 2.05) is 24.6 Å². The lowest BCUT2D eigenvalue weighted by atomic mass is 10.1. The molecule has 1 fully saturated rings. The number of ether oxygens (including phenoxy) is 1. The van der Waals surface area contributed by atoms with E-state index in [0.717, 1.165) is 5.69 Å². The number of carbonyl (C=O) groups is 1. The Bertz CT molecular complexity index is 1280. The molecule has 1 saturated heterocycles. The molecule has 0 aliphatic carbocycles. The van der Waals surface area contributed by atoms with Gasteiger partial charge in [-0.1, -0.05) is 0 Å². The first-order valence-corrected chi connectivity index (χ1v) is 12.4. The number of aromatic nitrogens is 5. The molecule has 3 aromatic rings. The number of amides is 1. The molecule has 0 spiro atoms. The van der Waals surface area contributed by atoms with Gasteiger partial charge in [0.25, 0.3) is 5.91 Å². The third kappa shape index (κ3) is 3.66. The van der Waals surface area contributed by atoms with E-state index >= 15 is 0 Å². The second-order valence-corrected chi connectivity index (χ2v) is 10.6. The van der Waals surface area contributed by atoms with Gasteiger partial charge < -0.3 is 9.64 Å². The molecule has 32 heavy (non-hydrogen) atoms. The summed E-state index contributed by atoms with van der Waals surface area (Å²) in [5, 5.41) is 9.08. The summed E-state index contributed by atoms with van der Waals surface area (Å²) in [6, 6.07) is 7.37. The summed E-state index contributed by atoms with van der Waals surface area (Å²) in [5.74, 6) is 1.12. The van der Waals surface area contributed by atoms with E-state index in [-0.39, 0.29) is 36.5 Å². The van der Waals surface area contributed by atoms with Crippen LogP contribution in [-0.4, -0.2) is 75.0 Å². The van der Waals surface area contributed by atoms with Crippen molar-refractivity contribution in [3.05, 3.63) is 41.9 Å². The fraction of sp³-hybridized carbons (Fsp3) is 0.429. The molecule has 0 radical (unpaired) electrons. The zero-order valence-corrected chi connectivity index (χ0v) is 18.7. The first kappa shape index (κ1) is 20.7. The summed E-state index contributed by atoms with van der Waals surface area (Å²) in [6.45, 7) is 4.97. The van der Waals surface area contributed by atoms with Crippen molar-refractivity contribution in [1.82, 2.24) is 29.4 Å². The smallest absolute Gasteiger partial charge is 0.253 e. The lowest BCUT2D eigenvalue weighted by Crippen LogP contribution is -2.43. The molecule has 0 bridgehead atoms. The van der Waals surface area contributed by atoms with E-state index in [2.05, 4.69) is 10.1 Å². The van der Waals surface area contributed by atoms with Crippen LogP contribution in [0.5, 0.6) is 5.75 Å². The van der Waals surface area contributed by atoms with Crippen molar-refractivity contribution in [2.45, 2.75) is 26.3 Å². The summed E-state index contributed by atoms with van der Waals surface area (Å²) in [7, 11) is -3.06. The van der Waals surface area contributed by atoms with Crippen molar-refractivity contribution in [3.63, 3.8) is 0 Å². The Morgan fingerprint density at radius 3 is 2.69 bits per heavy atom. The van der Waals surface area contributed by atoms with Crippen LogP contribution < -0.4 is 4.74 Å². The number of hydrogen-bond donors (Lipinski definition) is 0. The van der Waals surface area contributed by atoms with Gasteiger partial charge in [0.1, 0.15) is 23.5 Å². The van der Waals surface area contributed by atoms with Gasteiger partial charge in [-0.25, -0.2) is 22.8 Å². The van der Waals surface area contributed by atoms with Gasteiger partial charge in [0.05, 0.1) is 18.1 Å². The van der Waals surface area contributed by atoms with Crippen molar-refractivity contribution in [2.75, 3.05) is 31.2 Å². The Morgan fingerprint density at radius 1 is 1.16 bits per heavy atom. The summed E-state index contributed by atoms with van der Waals surface area (Å²) >= 11 is 0. The van der Waals surface area contributed by atoms with Crippen LogP contribution >= 0.6 is 0 Å². The van der Waals surface area contributed by atoms with Crippen LogP contribution in [0, 0.1) is 0 Å². The molecule has 1 amide bonds. The van der Waals surface area contributed by atoms with Crippen LogP contribution in [0.2, 0.25) is 0 Å². The highest BCUT2D eigenvalue weighted by atomic mass is 32.2. The molecule has 11 heteroatoms. The Kier molecular flexibility index (Phi) is 5.00. The predicted octanol–water partition coefficient (Wildman–Crippen LogP) is 1.52. The van der Waals surface area contributed by atoms with Crippen molar-refractivity contribution >= 4 is 15.7 Å². The average molecular weight is 457 g/mol. The van der Waals surface area contributed by atoms with Crippen LogP contribution in [-0.2, 0) is 16.3 Å². The number of carbonyl (C=O) groups excluding carboxylic acids is 1. The van der Waals surface area contributed by atoms with Crippen LogP contribution in [0.3, 0.4) is 0 Å². The molecule has 2 aromatic heterocycles. The van der Waals surface area contributed by atoms with E-state index in [1.54, 1.807) is 27.8 Å². The number of hydrogen-bond acceptors (Lipinski definition) is 7. The number of nitrogens with zero attached hydrogens (tertiary/aromatic N) is 6. The molecule has 10 nitrogen and oxygen atoms in total. The van der Waals surface area contributed by atoms with Gasteiger partial charge in [-0.15, -0.1) is 0 Å². The quantitative estimate of drug-likeness (QED) is 0.587. The molecule has 0 N–H and O–H groups in total. The van der Waals surface area contributed by atoms with Crippen LogP contribution in [0.15, 0.2) is 30.6 Å². The van der Waals surface area contributed by atoms with E-state index in [1.165, 1.54) is 6.33 Å². The minimum atomic E-state index is -3.06. The molecule has 168 valence electrons. The van der Waals surface area contributed by atoms with Crippen molar-refractivity contribution in [2.24, 2.45) is 0 Å². The average Bonchev–Trinajstić information content (AvgIpc) is 3.37. The molecule has 2 aliphatic rings. The van der Waals surface area contributed by atoms with Crippen LogP contribution in [0.25, 0.3) is 17.2 Å². The zero-order valence-electron chi connectivity index (χ0n) is 17.9. The first-order valence-electron chi connectivity index (χ1n) is 10.6. The van der Waals surface area contributed by atoms with Gasteiger partial charge in [0, 0.05) is 36.8 Å². The molecule has 0 unspecified atom stereocenters. The van der Waals surface area contributed by atoms with Crippen molar-refractivity contribution < 1.29 is 17.9 Å². The molecule has 2 aliphatic heterocycles. The Hall–Kier alpha value is -3.21. The highest BCUT2D eigenvalue weighted by Crippen LogP contribution is 2.31. The monoisotopic (exact) mass is 456 g/mol. The first-order chi connectivity index (χ1) is 15.3. The van der Waals surface area contributed by atoms with E-state index in [9.17, 15) is 13.2 Å². The van der Waals surface area contributed by atoms with Crippen molar-refractivity contribution in [1.29, 1.82) is 0 Å². The highest BCUT2D eigenvalue weighted by molar-refractivity contribution is 7.91. The summed E-state index contributed by atoms with van der Waals surface area (Å²) < 4.78 is 32.9. The predicted molar refractivity (Wildman–Crippen MR) is 117 cm³/mol. The number of fused-ring (bicyclic) bond motifs is 3. The van der Waals surface area contributed by atoms with Crippen molar-refractivity contribution in [3.8, 4) is 23.0 Å². The van der Waals surface area contributed by atoms with Gasteiger partial charge in [-0.2, -0.15) is 10.2 Å². The molecule has 1 aromatic carbocycles. The number of sulfone groups is 1. The minimum absolute atomic E-state index is 0.00398. The molecular weight excluding hydrogens is 432 g/mol. The van der Waals surface area contributed by atoms with Gasteiger partial charge in [0.15, 0.2) is 15.7 Å². The maximum absolute atomic E-state index is 13.0.